The monoisotopic (exact) mass is 213 g/mol. The molecule has 0 saturated carbocycles. The summed E-state index contributed by atoms with van der Waals surface area (Å²) in [4.78, 5) is 9.18. The molecule has 68 valence electrons. The van der Waals surface area contributed by atoms with E-state index in [0.29, 0.717) is 0 Å². The lowest BCUT2D eigenvalue weighted by atomic mass is 10.4. The number of hydrogen-bond acceptors (Lipinski definition) is 4. The van der Waals surface area contributed by atoms with Crippen LogP contribution >= 0.6 is 22.9 Å². The van der Waals surface area contributed by atoms with Gasteiger partial charge in [-0.15, -0.1) is 11.3 Å². The van der Waals surface area contributed by atoms with Gasteiger partial charge >= 0.3 is 0 Å². The lowest BCUT2D eigenvalue weighted by molar-refractivity contribution is 1.14. The zero-order valence-corrected chi connectivity index (χ0v) is 8.61. The minimum Gasteiger partial charge on any atom is -0.370 e. The number of anilines is 1. The van der Waals surface area contributed by atoms with E-state index >= 15 is 0 Å². The summed E-state index contributed by atoms with van der Waals surface area (Å²) in [7, 11) is 0. The van der Waals surface area contributed by atoms with Gasteiger partial charge < -0.3 is 5.32 Å². The minimum absolute atomic E-state index is 0.719. The molecule has 0 amide bonds. The molecule has 0 aliphatic heterocycles. The molecule has 2 aromatic heterocycles. The minimum atomic E-state index is 0.719. The second-order valence-electron chi connectivity index (χ2n) is 2.52. The first-order valence-electron chi connectivity index (χ1n) is 3.94. The van der Waals surface area contributed by atoms with Gasteiger partial charge in [-0.2, -0.15) is 0 Å². The van der Waals surface area contributed by atoms with Crippen LogP contribution in [0.2, 0.25) is 5.02 Å². The molecule has 0 aliphatic rings. The van der Waals surface area contributed by atoms with E-state index in [1.54, 1.807) is 6.33 Å². The van der Waals surface area contributed by atoms with Gasteiger partial charge in [0.25, 0.3) is 0 Å². The molecule has 0 unspecified atom stereocenters. The van der Waals surface area contributed by atoms with Crippen molar-refractivity contribution in [2.24, 2.45) is 0 Å². The van der Waals surface area contributed by atoms with Gasteiger partial charge in [-0.25, -0.2) is 9.97 Å². The summed E-state index contributed by atoms with van der Waals surface area (Å²) in [5.41, 5.74) is 0. The molecule has 2 heterocycles. The topological polar surface area (TPSA) is 37.8 Å². The van der Waals surface area contributed by atoms with Crippen LogP contribution in [0.5, 0.6) is 0 Å². The molecule has 5 heteroatoms. The Kier molecular flexibility index (Phi) is 2.33. The molecule has 0 bridgehead atoms. The van der Waals surface area contributed by atoms with Crippen LogP contribution in [0.4, 0.5) is 5.82 Å². The molecule has 0 atom stereocenters. The second-order valence-corrected chi connectivity index (χ2v) is 3.78. The van der Waals surface area contributed by atoms with Crippen molar-refractivity contribution >= 4 is 39.0 Å². The van der Waals surface area contributed by atoms with Gasteiger partial charge in [-0.1, -0.05) is 11.6 Å². The highest BCUT2D eigenvalue weighted by Gasteiger charge is 2.08. The highest BCUT2D eigenvalue weighted by Crippen LogP contribution is 2.32. The van der Waals surface area contributed by atoms with Gasteiger partial charge in [0.15, 0.2) is 0 Å². The predicted octanol–water partition coefficient (Wildman–Crippen LogP) is 2.78. The van der Waals surface area contributed by atoms with Gasteiger partial charge in [-0.3, -0.25) is 0 Å². The van der Waals surface area contributed by atoms with E-state index in [9.17, 15) is 0 Å². The quantitative estimate of drug-likeness (QED) is 0.834. The SMILES string of the molecule is CCNc1ncnc2scc(Cl)c12. The predicted molar refractivity (Wildman–Crippen MR) is 56.6 cm³/mol. The molecule has 1 N–H and O–H groups in total. The summed E-state index contributed by atoms with van der Waals surface area (Å²) in [6, 6.07) is 0. The normalized spacial score (nSPS) is 10.6. The molecule has 0 spiro atoms. The third-order valence-electron chi connectivity index (χ3n) is 1.67. The maximum atomic E-state index is 6.00. The third kappa shape index (κ3) is 1.47. The van der Waals surface area contributed by atoms with Crippen molar-refractivity contribution in [1.29, 1.82) is 0 Å². The maximum Gasteiger partial charge on any atom is 0.139 e. The molecule has 3 nitrogen and oxygen atoms in total. The lowest BCUT2D eigenvalue weighted by Crippen LogP contribution is -1.99. The van der Waals surface area contributed by atoms with Crippen LogP contribution in [0, 0.1) is 0 Å². The Morgan fingerprint density at radius 1 is 1.54 bits per heavy atom. The van der Waals surface area contributed by atoms with Gasteiger partial charge in [0.05, 0.1) is 10.4 Å². The Labute approximate surface area is 84.8 Å². The Balaban J connectivity index is 2.65. The Hall–Kier alpha value is -0.870. The zero-order chi connectivity index (χ0) is 9.26. The molecule has 0 radical (unpaired) electrons. The first-order valence-corrected chi connectivity index (χ1v) is 5.20. The first kappa shape index (κ1) is 8.72. The number of halogens is 1. The van der Waals surface area contributed by atoms with Crippen molar-refractivity contribution in [1.82, 2.24) is 9.97 Å². The van der Waals surface area contributed by atoms with Crippen LogP contribution in [0.15, 0.2) is 11.7 Å². The zero-order valence-electron chi connectivity index (χ0n) is 7.04. The van der Waals surface area contributed by atoms with Crippen LogP contribution in [0.1, 0.15) is 6.92 Å². The van der Waals surface area contributed by atoms with Gasteiger partial charge in [0.1, 0.15) is 17.0 Å². The largest absolute Gasteiger partial charge is 0.370 e. The van der Waals surface area contributed by atoms with Gasteiger partial charge in [0, 0.05) is 11.9 Å². The van der Waals surface area contributed by atoms with E-state index < -0.39 is 0 Å². The fourth-order valence-corrected chi connectivity index (χ4v) is 2.28. The number of thiophene rings is 1. The van der Waals surface area contributed by atoms with Crippen molar-refractivity contribution in [3.8, 4) is 0 Å². The van der Waals surface area contributed by atoms with E-state index in [2.05, 4.69) is 15.3 Å². The van der Waals surface area contributed by atoms with Gasteiger partial charge in [0.2, 0.25) is 0 Å². The summed E-state index contributed by atoms with van der Waals surface area (Å²) >= 11 is 7.53. The van der Waals surface area contributed by atoms with Crippen LogP contribution in [-0.2, 0) is 0 Å². The molecule has 0 aliphatic carbocycles. The lowest BCUT2D eigenvalue weighted by Gasteiger charge is -2.02. The molecule has 0 aromatic carbocycles. The third-order valence-corrected chi connectivity index (χ3v) is 2.98. The summed E-state index contributed by atoms with van der Waals surface area (Å²) in [6.07, 6.45) is 1.55. The number of hydrogen-bond donors (Lipinski definition) is 1. The number of rotatable bonds is 2. The van der Waals surface area contributed by atoms with Crippen molar-refractivity contribution in [3.05, 3.63) is 16.7 Å². The van der Waals surface area contributed by atoms with Crippen molar-refractivity contribution in [2.75, 3.05) is 11.9 Å². The Morgan fingerprint density at radius 3 is 3.15 bits per heavy atom. The second kappa shape index (κ2) is 3.47. The van der Waals surface area contributed by atoms with Crippen molar-refractivity contribution in [3.63, 3.8) is 0 Å². The van der Waals surface area contributed by atoms with E-state index in [4.69, 9.17) is 11.6 Å². The summed E-state index contributed by atoms with van der Waals surface area (Å²) in [5, 5.41) is 6.67. The number of nitrogens with zero attached hydrogens (tertiary/aromatic N) is 2. The van der Waals surface area contributed by atoms with Crippen LogP contribution in [0.25, 0.3) is 10.2 Å². The van der Waals surface area contributed by atoms with Crippen LogP contribution in [0.3, 0.4) is 0 Å². The fraction of sp³-hybridized carbons (Fsp3) is 0.250. The van der Waals surface area contributed by atoms with E-state index in [0.717, 1.165) is 27.6 Å². The summed E-state index contributed by atoms with van der Waals surface area (Å²) in [5.74, 6) is 0.818. The molecule has 0 saturated heterocycles. The average Bonchev–Trinajstić information content (AvgIpc) is 2.50. The standard InChI is InChI=1S/C8H8ClN3S/c1-2-10-7-6-5(9)3-13-8(6)12-4-11-7/h3-4H,2H2,1H3,(H,10,11,12). The first-order chi connectivity index (χ1) is 6.33. The summed E-state index contributed by atoms with van der Waals surface area (Å²) < 4.78 is 0. The van der Waals surface area contributed by atoms with Crippen LogP contribution in [-0.4, -0.2) is 16.5 Å². The van der Waals surface area contributed by atoms with E-state index in [1.807, 2.05) is 12.3 Å². The number of aromatic nitrogens is 2. The Morgan fingerprint density at radius 2 is 2.38 bits per heavy atom. The Bertz CT molecular complexity index is 426. The highest BCUT2D eigenvalue weighted by atomic mass is 35.5. The maximum absolute atomic E-state index is 6.00. The van der Waals surface area contributed by atoms with Crippen LogP contribution < -0.4 is 5.32 Å². The molecule has 13 heavy (non-hydrogen) atoms. The van der Waals surface area contributed by atoms with E-state index in [-0.39, 0.29) is 0 Å². The molecule has 2 aromatic rings. The van der Waals surface area contributed by atoms with Crippen molar-refractivity contribution < 1.29 is 0 Å². The molecule has 0 fully saturated rings. The fourth-order valence-electron chi connectivity index (χ4n) is 1.14. The highest BCUT2D eigenvalue weighted by molar-refractivity contribution is 7.17. The average molecular weight is 214 g/mol. The van der Waals surface area contributed by atoms with Gasteiger partial charge in [-0.05, 0) is 6.92 Å². The smallest absolute Gasteiger partial charge is 0.139 e. The van der Waals surface area contributed by atoms with E-state index in [1.165, 1.54) is 11.3 Å². The molecule has 2 rings (SSSR count). The number of fused-ring (bicyclic) bond motifs is 1. The summed E-state index contributed by atoms with van der Waals surface area (Å²) in [6.45, 7) is 2.85. The van der Waals surface area contributed by atoms with Crippen molar-refractivity contribution in [2.45, 2.75) is 6.92 Å². The molecular formula is C8H8ClN3S. The molecular weight excluding hydrogens is 206 g/mol. The number of nitrogens with one attached hydrogen (secondary N) is 1.